The van der Waals surface area contributed by atoms with Gasteiger partial charge in [-0.05, 0) is 42.8 Å². The SMILES string of the molecule is Cc1ccc(F)cc1C(=O)Nc1nc2ccc(OCC(F)(F)F)cc2s1. The summed E-state index contributed by atoms with van der Waals surface area (Å²) in [5.41, 5.74) is 1.28. The number of amides is 1. The highest BCUT2D eigenvalue weighted by molar-refractivity contribution is 7.22. The largest absolute Gasteiger partial charge is 0.484 e. The van der Waals surface area contributed by atoms with Crippen molar-refractivity contribution >= 4 is 32.6 Å². The number of hydrogen-bond acceptors (Lipinski definition) is 4. The monoisotopic (exact) mass is 384 g/mol. The molecule has 0 unspecified atom stereocenters. The molecule has 4 nitrogen and oxygen atoms in total. The van der Waals surface area contributed by atoms with E-state index < -0.39 is 24.5 Å². The zero-order valence-electron chi connectivity index (χ0n) is 13.4. The molecule has 0 radical (unpaired) electrons. The van der Waals surface area contributed by atoms with Crippen LogP contribution in [0.4, 0.5) is 22.7 Å². The van der Waals surface area contributed by atoms with Crippen molar-refractivity contribution in [1.29, 1.82) is 0 Å². The first-order valence-electron chi connectivity index (χ1n) is 7.39. The Morgan fingerprint density at radius 3 is 2.73 bits per heavy atom. The number of benzene rings is 2. The third kappa shape index (κ3) is 4.29. The molecule has 1 N–H and O–H groups in total. The maximum Gasteiger partial charge on any atom is 0.422 e. The van der Waals surface area contributed by atoms with Crippen LogP contribution >= 0.6 is 11.3 Å². The van der Waals surface area contributed by atoms with Gasteiger partial charge < -0.3 is 4.74 Å². The lowest BCUT2D eigenvalue weighted by molar-refractivity contribution is -0.153. The number of ether oxygens (including phenoxy) is 1. The van der Waals surface area contributed by atoms with E-state index in [0.717, 1.165) is 17.4 Å². The molecule has 0 saturated heterocycles. The van der Waals surface area contributed by atoms with E-state index >= 15 is 0 Å². The maximum atomic E-state index is 13.3. The van der Waals surface area contributed by atoms with Gasteiger partial charge in [0, 0.05) is 5.56 Å². The van der Waals surface area contributed by atoms with Crippen molar-refractivity contribution in [1.82, 2.24) is 4.98 Å². The Kier molecular flexibility index (Phi) is 4.82. The zero-order chi connectivity index (χ0) is 18.9. The molecular formula is C17H12F4N2O2S. The number of nitrogens with zero attached hydrogens (tertiary/aromatic N) is 1. The van der Waals surface area contributed by atoms with Crippen molar-refractivity contribution in [3.8, 4) is 5.75 Å². The van der Waals surface area contributed by atoms with Crippen LogP contribution in [0.2, 0.25) is 0 Å². The van der Waals surface area contributed by atoms with Gasteiger partial charge in [0.15, 0.2) is 11.7 Å². The Morgan fingerprint density at radius 1 is 1.23 bits per heavy atom. The molecule has 0 aliphatic carbocycles. The van der Waals surface area contributed by atoms with Crippen LogP contribution in [0.3, 0.4) is 0 Å². The van der Waals surface area contributed by atoms with Gasteiger partial charge in [0.25, 0.3) is 5.91 Å². The first-order chi connectivity index (χ1) is 12.2. The van der Waals surface area contributed by atoms with Gasteiger partial charge >= 0.3 is 6.18 Å². The summed E-state index contributed by atoms with van der Waals surface area (Å²) in [4.78, 5) is 16.5. The molecule has 1 aromatic heterocycles. The number of anilines is 1. The van der Waals surface area contributed by atoms with E-state index in [0.29, 0.717) is 15.8 Å². The predicted octanol–water partition coefficient (Wildman–Crippen LogP) is 4.94. The van der Waals surface area contributed by atoms with Crippen molar-refractivity contribution in [2.75, 3.05) is 11.9 Å². The van der Waals surface area contributed by atoms with Crippen LogP contribution in [-0.2, 0) is 0 Å². The molecule has 0 atom stereocenters. The molecule has 1 heterocycles. The summed E-state index contributed by atoms with van der Waals surface area (Å²) in [6.45, 7) is 0.288. The average molecular weight is 384 g/mol. The van der Waals surface area contributed by atoms with E-state index in [1.165, 1.54) is 30.3 Å². The van der Waals surface area contributed by atoms with E-state index in [1.807, 2.05) is 0 Å². The lowest BCUT2D eigenvalue weighted by atomic mass is 10.1. The van der Waals surface area contributed by atoms with Crippen molar-refractivity contribution in [2.24, 2.45) is 0 Å². The number of alkyl halides is 3. The van der Waals surface area contributed by atoms with Gasteiger partial charge in [-0.1, -0.05) is 17.4 Å². The second-order valence-corrected chi connectivity index (χ2v) is 6.50. The molecule has 0 bridgehead atoms. The number of hydrogen-bond donors (Lipinski definition) is 1. The smallest absolute Gasteiger partial charge is 0.422 e. The second-order valence-electron chi connectivity index (χ2n) is 5.47. The quantitative estimate of drug-likeness (QED) is 0.649. The van der Waals surface area contributed by atoms with E-state index in [-0.39, 0.29) is 16.4 Å². The van der Waals surface area contributed by atoms with Crippen LogP contribution < -0.4 is 10.1 Å². The Bertz CT molecular complexity index is 969. The van der Waals surface area contributed by atoms with Gasteiger partial charge in [-0.25, -0.2) is 9.37 Å². The number of aryl methyl sites for hydroxylation is 1. The molecule has 0 spiro atoms. The van der Waals surface area contributed by atoms with E-state index in [9.17, 15) is 22.4 Å². The molecule has 3 aromatic rings. The van der Waals surface area contributed by atoms with Crippen LogP contribution in [0.1, 0.15) is 15.9 Å². The molecule has 0 fully saturated rings. The fourth-order valence-corrected chi connectivity index (χ4v) is 3.11. The normalized spacial score (nSPS) is 11.6. The second kappa shape index (κ2) is 6.91. The maximum absolute atomic E-state index is 13.3. The van der Waals surface area contributed by atoms with Crippen molar-refractivity contribution < 1.29 is 27.1 Å². The highest BCUT2D eigenvalue weighted by atomic mass is 32.1. The van der Waals surface area contributed by atoms with Gasteiger partial charge in [0.2, 0.25) is 0 Å². The summed E-state index contributed by atoms with van der Waals surface area (Å²) in [5, 5.41) is 2.82. The molecule has 0 saturated carbocycles. The van der Waals surface area contributed by atoms with Crippen molar-refractivity contribution in [2.45, 2.75) is 13.1 Å². The molecule has 0 aliphatic heterocycles. The van der Waals surface area contributed by atoms with Crippen LogP contribution in [-0.4, -0.2) is 23.7 Å². The first-order valence-corrected chi connectivity index (χ1v) is 8.20. The number of halogens is 4. The summed E-state index contributed by atoms with van der Waals surface area (Å²) in [6, 6.07) is 8.17. The molecule has 1 amide bonds. The number of rotatable bonds is 4. The van der Waals surface area contributed by atoms with E-state index in [1.54, 1.807) is 6.92 Å². The molecule has 0 aliphatic rings. The van der Waals surface area contributed by atoms with Crippen LogP contribution in [0.15, 0.2) is 36.4 Å². The van der Waals surface area contributed by atoms with Crippen LogP contribution in [0, 0.1) is 12.7 Å². The van der Waals surface area contributed by atoms with Gasteiger partial charge in [-0.3, -0.25) is 10.1 Å². The minimum Gasteiger partial charge on any atom is -0.484 e. The fraction of sp³-hybridized carbons (Fsp3) is 0.176. The predicted molar refractivity (Wildman–Crippen MR) is 90.3 cm³/mol. The van der Waals surface area contributed by atoms with E-state index in [4.69, 9.17) is 4.74 Å². The van der Waals surface area contributed by atoms with Crippen LogP contribution in [0.25, 0.3) is 10.2 Å². The summed E-state index contributed by atoms with van der Waals surface area (Å²) in [7, 11) is 0. The van der Waals surface area contributed by atoms with Crippen molar-refractivity contribution in [3.63, 3.8) is 0 Å². The number of carbonyl (C=O) groups excluding carboxylic acids is 1. The molecular weight excluding hydrogens is 372 g/mol. The Morgan fingerprint density at radius 2 is 2.00 bits per heavy atom. The number of fused-ring (bicyclic) bond motifs is 1. The Labute approximate surface area is 149 Å². The standard InChI is InChI=1S/C17H12F4N2O2S/c1-9-2-3-10(18)6-12(9)15(24)23-16-22-13-5-4-11(7-14(13)26-16)25-8-17(19,20)21/h2-7H,8H2,1H3,(H,22,23,24). The first kappa shape index (κ1) is 18.1. The highest BCUT2D eigenvalue weighted by Gasteiger charge is 2.28. The van der Waals surface area contributed by atoms with Gasteiger partial charge in [-0.2, -0.15) is 13.2 Å². The molecule has 136 valence electrons. The average Bonchev–Trinajstić information content (AvgIpc) is 2.95. The molecule has 26 heavy (non-hydrogen) atoms. The topological polar surface area (TPSA) is 51.2 Å². The summed E-state index contributed by atoms with van der Waals surface area (Å²) in [5.74, 6) is -0.997. The highest BCUT2D eigenvalue weighted by Crippen LogP contribution is 2.30. The minimum atomic E-state index is -4.43. The third-order valence-electron chi connectivity index (χ3n) is 3.43. The number of thiazole rings is 1. The van der Waals surface area contributed by atoms with Gasteiger partial charge in [0.05, 0.1) is 10.2 Å². The molecule has 9 heteroatoms. The van der Waals surface area contributed by atoms with Crippen molar-refractivity contribution in [3.05, 3.63) is 53.3 Å². The minimum absolute atomic E-state index is 0.0531. The Balaban J connectivity index is 1.78. The Hall–Kier alpha value is -2.68. The van der Waals surface area contributed by atoms with Gasteiger partial charge in [-0.15, -0.1) is 0 Å². The van der Waals surface area contributed by atoms with Crippen LogP contribution in [0.5, 0.6) is 5.75 Å². The lowest BCUT2D eigenvalue weighted by Crippen LogP contribution is -2.19. The molecule has 3 rings (SSSR count). The molecule has 2 aromatic carbocycles. The fourth-order valence-electron chi connectivity index (χ4n) is 2.22. The van der Waals surface area contributed by atoms with E-state index in [2.05, 4.69) is 10.3 Å². The summed E-state index contributed by atoms with van der Waals surface area (Å²) >= 11 is 1.08. The summed E-state index contributed by atoms with van der Waals surface area (Å²) in [6.07, 6.45) is -4.43. The summed E-state index contributed by atoms with van der Waals surface area (Å²) < 4.78 is 55.2. The number of nitrogens with one attached hydrogen (secondary N) is 1. The third-order valence-corrected chi connectivity index (χ3v) is 4.36. The number of aromatic nitrogens is 1. The number of carbonyl (C=O) groups is 1. The zero-order valence-corrected chi connectivity index (χ0v) is 14.2. The lowest BCUT2D eigenvalue weighted by Gasteiger charge is -2.08. The van der Waals surface area contributed by atoms with Gasteiger partial charge in [0.1, 0.15) is 11.6 Å².